The first-order valence-corrected chi connectivity index (χ1v) is 7.28. The molecule has 0 aliphatic rings. The summed E-state index contributed by atoms with van der Waals surface area (Å²) >= 11 is 11.7. The van der Waals surface area contributed by atoms with Gasteiger partial charge in [0.15, 0.2) is 0 Å². The molecule has 0 saturated heterocycles. The zero-order valence-corrected chi connectivity index (χ0v) is 13.3. The highest BCUT2D eigenvalue weighted by molar-refractivity contribution is 6.36. The maximum Gasteiger partial charge on any atom is 0.270 e. The fourth-order valence-electron chi connectivity index (χ4n) is 1.57. The smallest absolute Gasteiger partial charge is 0.270 e. The van der Waals surface area contributed by atoms with Gasteiger partial charge in [0.1, 0.15) is 5.69 Å². The van der Waals surface area contributed by atoms with Crippen molar-refractivity contribution in [3.8, 4) is 0 Å². The van der Waals surface area contributed by atoms with Crippen molar-refractivity contribution in [3.63, 3.8) is 0 Å². The molecule has 2 amide bonds. The number of carbonyl (C=O) groups excluding carboxylic acids is 2. The predicted molar refractivity (Wildman–Crippen MR) is 88.8 cm³/mol. The van der Waals surface area contributed by atoms with E-state index < -0.39 is 11.8 Å². The van der Waals surface area contributed by atoms with Crippen LogP contribution in [0.3, 0.4) is 0 Å². The Morgan fingerprint density at radius 2 is 2.04 bits per heavy atom. The zero-order valence-electron chi connectivity index (χ0n) is 11.8. The van der Waals surface area contributed by atoms with Gasteiger partial charge in [-0.3, -0.25) is 14.6 Å². The minimum atomic E-state index is -0.476. The second kappa shape index (κ2) is 8.26. The highest BCUT2D eigenvalue weighted by Crippen LogP contribution is 2.19. The van der Waals surface area contributed by atoms with E-state index in [0.29, 0.717) is 15.6 Å². The Morgan fingerprint density at radius 3 is 2.74 bits per heavy atom. The molecule has 6 nitrogen and oxygen atoms in total. The molecule has 8 heteroatoms. The van der Waals surface area contributed by atoms with Gasteiger partial charge in [0, 0.05) is 16.8 Å². The Morgan fingerprint density at radius 1 is 1.22 bits per heavy atom. The standard InChI is InChI=1S/C15H12Cl2N4O2/c16-11-5-4-10(12(17)7-11)8-20-21-14(22)9-19-15(23)13-3-1-2-6-18-13/h1-8H,9H2,(H,19,23)(H,21,22)/b20-8+. The van der Waals surface area contributed by atoms with Crippen LogP contribution in [0.4, 0.5) is 0 Å². The Bertz CT molecular complexity index is 736. The van der Waals surface area contributed by atoms with Gasteiger partial charge < -0.3 is 5.32 Å². The summed E-state index contributed by atoms with van der Waals surface area (Å²) in [6, 6.07) is 9.82. The first kappa shape index (κ1) is 16.9. The van der Waals surface area contributed by atoms with E-state index in [1.54, 1.807) is 36.4 Å². The quantitative estimate of drug-likeness (QED) is 0.640. The van der Waals surface area contributed by atoms with Crippen molar-refractivity contribution in [3.05, 3.63) is 63.9 Å². The van der Waals surface area contributed by atoms with E-state index in [1.807, 2.05) is 0 Å². The Labute approximate surface area is 142 Å². The van der Waals surface area contributed by atoms with E-state index in [-0.39, 0.29) is 12.2 Å². The van der Waals surface area contributed by atoms with Gasteiger partial charge in [-0.2, -0.15) is 5.10 Å². The van der Waals surface area contributed by atoms with Gasteiger partial charge in [0.25, 0.3) is 11.8 Å². The average Bonchev–Trinajstić information content (AvgIpc) is 2.55. The van der Waals surface area contributed by atoms with Crippen LogP contribution in [0.15, 0.2) is 47.7 Å². The molecule has 0 saturated carbocycles. The lowest BCUT2D eigenvalue weighted by molar-refractivity contribution is -0.120. The molecule has 0 atom stereocenters. The summed E-state index contributed by atoms with van der Waals surface area (Å²) in [6.45, 7) is -0.221. The van der Waals surface area contributed by atoms with Crippen molar-refractivity contribution in [1.29, 1.82) is 0 Å². The molecule has 0 spiro atoms. The molecule has 2 aromatic rings. The van der Waals surface area contributed by atoms with Crippen LogP contribution in [-0.2, 0) is 4.79 Å². The minimum Gasteiger partial charge on any atom is -0.342 e. The van der Waals surface area contributed by atoms with E-state index in [0.717, 1.165) is 0 Å². The summed E-state index contributed by atoms with van der Waals surface area (Å²) in [7, 11) is 0. The maximum absolute atomic E-state index is 11.7. The number of carbonyl (C=O) groups is 2. The molecular weight excluding hydrogens is 339 g/mol. The van der Waals surface area contributed by atoms with Gasteiger partial charge in [0.2, 0.25) is 0 Å². The molecular formula is C15H12Cl2N4O2. The van der Waals surface area contributed by atoms with Crippen LogP contribution in [0.2, 0.25) is 10.0 Å². The molecule has 23 heavy (non-hydrogen) atoms. The lowest BCUT2D eigenvalue weighted by Crippen LogP contribution is -2.35. The van der Waals surface area contributed by atoms with E-state index in [4.69, 9.17) is 23.2 Å². The molecule has 0 aliphatic carbocycles. The predicted octanol–water partition coefficient (Wildman–Crippen LogP) is 2.27. The third-order valence-electron chi connectivity index (χ3n) is 2.66. The Kier molecular flexibility index (Phi) is 6.08. The van der Waals surface area contributed by atoms with Crippen LogP contribution in [-0.4, -0.2) is 29.6 Å². The molecule has 2 N–H and O–H groups in total. The van der Waals surface area contributed by atoms with Crippen LogP contribution in [0.5, 0.6) is 0 Å². The number of nitrogens with one attached hydrogen (secondary N) is 2. The minimum absolute atomic E-state index is 0.221. The fraction of sp³-hybridized carbons (Fsp3) is 0.0667. The number of benzene rings is 1. The summed E-state index contributed by atoms with van der Waals surface area (Å²) in [5.41, 5.74) is 3.12. The maximum atomic E-state index is 11.7. The topological polar surface area (TPSA) is 83.5 Å². The molecule has 0 aliphatic heterocycles. The van der Waals surface area contributed by atoms with Crippen molar-refractivity contribution in [2.75, 3.05) is 6.54 Å². The summed E-state index contributed by atoms with van der Waals surface area (Å²) in [4.78, 5) is 27.2. The number of hydrogen-bond donors (Lipinski definition) is 2. The highest BCUT2D eigenvalue weighted by atomic mass is 35.5. The SMILES string of the molecule is O=C(CNC(=O)c1ccccn1)N/N=C/c1ccc(Cl)cc1Cl. The van der Waals surface area contributed by atoms with Gasteiger partial charge in [-0.1, -0.05) is 35.3 Å². The van der Waals surface area contributed by atoms with Crippen molar-refractivity contribution in [2.45, 2.75) is 0 Å². The van der Waals surface area contributed by atoms with Crippen LogP contribution >= 0.6 is 23.2 Å². The van der Waals surface area contributed by atoms with Gasteiger partial charge in [-0.25, -0.2) is 5.43 Å². The third-order valence-corrected chi connectivity index (χ3v) is 3.22. The number of pyridine rings is 1. The molecule has 0 radical (unpaired) electrons. The number of rotatable bonds is 5. The van der Waals surface area contributed by atoms with E-state index in [1.165, 1.54) is 12.4 Å². The first-order valence-electron chi connectivity index (χ1n) is 6.52. The van der Waals surface area contributed by atoms with Crippen LogP contribution < -0.4 is 10.7 Å². The van der Waals surface area contributed by atoms with Crippen molar-refractivity contribution >= 4 is 41.2 Å². The molecule has 0 unspecified atom stereocenters. The van der Waals surface area contributed by atoms with E-state index in [9.17, 15) is 9.59 Å². The molecule has 0 bridgehead atoms. The van der Waals surface area contributed by atoms with Crippen molar-refractivity contribution in [2.24, 2.45) is 5.10 Å². The summed E-state index contributed by atoms with van der Waals surface area (Å²) in [6.07, 6.45) is 2.88. The van der Waals surface area contributed by atoms with Crippen molar-refractivity contribution < 1.29 is 9.59 Å². The summed E-state index contributed by atoms with van der Waals surface area (Å²) < 4.78 is 0. The van der Waals surface area contributed by atoms with E-state index in [2.05, 4.69) is 20.8 Å². The molecule has 2 rings (SSSR count). The molecule has 0 fully saturated rings. The highest BCUT2D eigenvalue weighted by Gasteiger charge is 2.07. The summed E-state index contributed by atoms with van der Waals surface area (Å²) in [5.74, 6) is -0.916. The van der Waals surface area contributed by atoms with E-state index >= 15 is 0 Å². The fourth-order valence-corrected chi connectivity index (χ4v) is 2.03. The number of amides is 2. The Balaban J connectivity index is 1.81. The lowest BCUT2D eigenvalue weighted by Gasteiger charge is -2.03. The number of aromatic nitrogens is 1. The molecule has 1 aromatic carbocycles. The third kappa shape index (κ3) is 5.36. The number of hydrogen-bond acceptors (Lipinski definition) is 4. The molecule has 1 aromatic heterocycles. The van der Waals surface area contributed by atoms with Gasteiger partial charge in [-0.15, -0.1) is 0 Å². The van der Waals surface area contributed by atoms with Crippen molar-refractivity contribution in [1.82, 2.24) is 15.7 Å². The van der Waals surface area contributed by atoms with Crippen LogP contribution in [0.1, 0.15) is 16.1 Å². The number of halogens is 2. The monoisotopic (exact) mass is 350 g/mol. The zero-order chi connectivity index (χ0) is 16.7. The Hall–Kier alpha value is -2.44. The molecule has 118 valence electrons. The summed E-state index contributed by atoms with van der Waals surface area (Å²) in [5, 5.41) is 7.12. The number of nitrogens with zero attached hydrogens (tertiary/aromatic N) is 2. The van der Waals surface area contributed by atoms with Crippen LogP contribution in [0.25, 0.3) is 0 Å². The first-order chi connectivity index (χ1) is 11.1. The normalized spacial score (nSPS) is 10.5. The van der Waals surface area contributed by atoms with Crippen LogP contribution in [0, 0.1) is 0 Å². The second-order valence-corrected chi connectivity index (χ2v) is 5.20. The second-order valence-electron chi connectivity index (χ2n) is 4.36. The largest absolute Gasteiger partial charge is 0.342 e. The van der Waals surface area contributed by atoms with Gasteiger partial charge >= 0.3 is 0 Å². The van der Waals surface area contributed by atoms with Gasteiger partial charge in [-0.05, 0) is 24.3 Å². The molecule has 1 heterocycles. The number of hydrazone groups is 1. The van der Waals surface area contributed by atoms with Gasteiger partial charge in [0.05, 0.1) is 17.8 Å². The average molecular weight is 351 g/mol. The lowest BCUT2D eigenvalue weighted by atomic mass is 10.2.